The molecule has 2 atom stereocenters. The Morgan fingerprint density at radius 3 is 2.87 bits per heavy atom. The molecule has 1 aliphatic carbocycles. The average molecular weight is 212 g/mol. The van der Waals surface area contributed by atoms with E-state index in [1.807, 2.05) is 0 Å². The van der Waals surface area contributed by atoms with Crippen LogP contribution in [0.2, 0.25) is 0 Å². The number of carbonyl (C=O) groups is 1. The molecule has 0 aliphatic heterocycles. The van der Waals surface area contributed by atoms with Crippen LogP contribution >= 0.6 is 0 Å². The van der Waals surface area contributed by atoms with Gasteiger partial charge in [-0.15, -0.1) is 0 Å². The highest BCUT2D eigenvalue weighted by Crippen LogP contribution is 2.30. The van der Waals surface area contributed by atoms with Crippen LogP contribution in [0, 0.1) is 11.8 Å². The highest BCUT2D eigenvalue weighted by atomic mass is 16.1. The van der Waals surface area contributed by atoms with Gasteiger partial charge in [0, 0.05) is 12.5 Å². The first-order valence-corrected chi connectivity index (χ1v) is 6.27. The Bertz CT molecular complexity index is 194. The van der Waals surface area contributed by atoms with Crippen molar-refractivity contribution in [1.82, 2.24) is 5.32 Å². The predicted octanol–water partition coefficient (Wildman–Crippen LogP) is 1.67. The lowest BCUT2D eigenvalue weighted by Crippen LogP contribution is -2.35. The smallest absolute Gasteiger partial charge is 0.223 e. The largest absolute Gasteiger partial charge is 0.356 e. The molecule has 0 saturated heterocycles. The molecule has 0 aromatic heterocycles. The summed E-state index contributed by atoms with van der Waals surface area (Å²) in [5, 5.41) is 3.03. The van der Waals surface area contributed by atoms with Gasteiger partial charge in [0.05, 0.1) is 0 Å². The molecule has 15 heavy (non-hydrogen) atoms. The second kappa shape index (κ2) is 6.83. The summed E-state index contributed by atoms with van der Waals surface area (Å²) in [6.45, 7) is 3.66. The molecule has 0 aromatic rings. The Hall–Kier alpha value is -0.570. The Labute approximate surface area is 92.8 Å². The highest BCUT2D eigenvalue weighted by molar-refractivity contribution is 5.79. The van der Waals surface area contributed by atoms with Gasteiger partial charge in [0.1, 0.15) is 0 Å². The number of hydrogen-bond acceptors (Lipinski definition) is 2. The lowest BCUT2D eigenvalue weighted by Gasteiger charge is -2.17. The zero-order chi connectivity index (χ0) is 11.1. The Kier molecular flexibility index (Phi) is 5.69. The lowest BCUT2D eigenvalue weighted by molar-refractivity contribution is -0.125. The average Bonchev–Trinajstić information content (AvgIpc) is 2.72. The van der Waals surface area contributed by atoms with E-state index in [-0.39, 0.29) is 11.8 Å². The maximum Gasteiger partial charge on any atom is 0.223 e. The summed E-state index contributed by atoms with van der Waals surface area (Å²) >= 11 is 0. The van der Waals surface area contributed by atoms with Crippen LogP contribution in [0.25, 0.3) is 0 Å². The number of unbranched alkanes of at least 4 members (excludes halogenated alkanes) is 2. The maximum absolute atomic E-state index is 11.8. The van der Waals surface area contributed by atoms with E-state index >= 15 is 0 Å². The van der Waals surface area contributed by atoms with E-state index in [1.54, 1.807) is 0 Å². The summed E-state index contributed by atoms with van der Waals surface area (Å²) in [6, 6.07) is 0. The SMILES string of the molecule is CCCCCNC(=O)C1CCCC1CN. The van der Waals surface area contributed by atoms with Gasteiger partial charge in [0.2, 0.25) is 5.91 Å². The molecule has 88 valence electrons. The molecule has 2 unspecified atom stereocenters. The van der Waals surface area contributed by atoms with Crippen LogP contribution in [0.5, 0.6) is 0 Å². The molecule has 1 amide bonds. The minimum absolute atomic E-state index is 0.191. The molecule has 0 heterocycles. The van der Waals surface area contributed by atoms with E-state index in [2.05, 4.69) is 12.2 Å². The molecule has 0 aromatic carbocycles. The van der Waals surface area contributed by atoms with Crippen molar-refractivity contribution in [2.24, 2.45) is 17.6 Å². The zero-order valence-corrected chi connectivity index (χ0v) is 9.80. The topological polar surface area (TPSA) is 55.1 Å². The number of hydrogen-bond donors (Lipinski definition) is 2. The van der Waals surface area contributed by atoms with E-state index in [1.165, 1.54) is 12.8 Å². The van der Waals surface area contributed by atoms with Crippen molar-refractivity contribution in [2.75, 3.05) is 13.1 Å². The van der Waals surface area contributed by atoms with Crippen LogP contribution in [0.15, 0.2) is 0 Å². The summed E-state index contributed by atoms with van der Waals surface area (Å²) < 4.78 is 0. The van der Waals surface area contributed by atoms with Crippen LogP contribution < -0.4 is 11.1 Å². The summed E-state index contributed by atoms with van der Waals surface area (Å²) in [4.78, 5) is 11.8. The maximum atomic E-state index is 11.8. The second-order valence-corrected chi connectivity index (χ2v) is 4.53. The standard InChI is InChI=1S/C12H24N2O/c1-2-3-4-8-14-12(15)11-7-5-6-10(11)9-13/h10-11H,2-9,13H2,1H3,(H,14,15). The third-order valence-electron chi connectivity index (χ3n) is 3.38. The molecule has 0 radical (unpaired) electrons. The van der Waals surface area contributed by atoms with Crippen LogP contribution in [-0.2, 0) is 4.79 Å². The van der Waals surface area contributed by atoms with Gasteiger partial charge in [0.25, 0.3) is 0 Å². The fraction of sp³-hybridized carbons (Fsp3) is 0.917. The molecule has 3 heteroatoms. The van der Waals surface area contributed by atoms with Crippen LogP contribution in [0.4, 0.5) is 0 Å². The molecule has 1 rings (SSSR count). The molecule has 0 bridgehead atoms. The lowest BCUT2D eigenvalue weighted by atomic mass is 9.95. The number of nitrogens with one attached hydrogen (secondary N) is 1. The van der Waals surface area contributed by atoms with E-state index in [0.29, 0.717) is 12.5 Å². The molecule has 3 nitrogen and oxygen atoms in total. The van der Waals surface area contributed by atoms with Crippen molar-refractivity contribution < 1.29 is 4.79 Å². The Balaban J connectivity index is 2.21. The van der Waals surface area contributed by atoms with Gasteiger partial charge >= 0.3 is 0 Å². The molecule has 1 saturated carbocycles. The summed E-state index contributed by atoms with van der Waals surface area (Å²) in [5.41, 5.74) is 5.66. The molecule has 1 aliphatic rings. The summed E-state index contributed by atoms with van der Waals surface area (Å²) in [5.74, 6) is 0.854. The van der Waals surface area contributed by atoms with Crippen LogP contribution in [0.3, 0.4) is 0 Å². The molecule has 0 spiro atoms. The van der Waals surface area contributed by atoms with Gasteiger partial charge in [-0.2, -0.15) is 0 Å². The fourth-order valence-electron chi connectivity index (χ4n) is 2.38. The van der Waals surface area contributed by atoms with Gasteiger partial charge in [0.15, 0.2) is 0 Å². The second-order valence-electron chi connectivity index (χ2n) is 4.53. The number of carbonyl (C=O) groups excluding carboxylic acids is 1. The first kappa shape index (κ1) is 12.5. The molecular formula is C12H24N2O. The molecule has 1 fully saturated rings. The van der Waals surface area contributed by atoms with E-state index in [0.717, 1.165) is 32.2 Å². The van der Waals surface area contributed by atoms with E-state index in [4.69, 9.17) is 5.73 Å². The van der Waals surface area contributed by atoms with E-state index < -0.39 is 0 Å². The molecular weight excluding hydrogens is 188 g/mol. The quantitative estimate of drug-likeness (QED) is 0.658. The van der Waals surface area contributed by atoms with Crippen molar-refractivity contribution in [2.45, 2.75) is 45.4 Å². The van der Waals surface area contributed by atoms with Crippen molar-refractivity contribution in [1.29, 1.82) is 0 Å². The van der Waals surface area contributed by atoms with E-state index in [9.17, 15) is 4.79 Å². The molecule has 3 N–H and O–H groups in total. The third kappa shape index (κ3) is 3.82. The minimum Gasteiger partial charge on any atom is -0.356 e. The highest BCUT2D eigenvalue weighted by Gasteiger charge is 2.31. The first-order valence-electron chi connectivity index (χ1n) is 6.27. The van der Waals surface area contributed by atoms with Crippen molar-refractivity contribution in [3.63, 3.8) is 0 Å². The number of rotatable bonds is 6. The van der Waals surface area contributed by atoms with Gasteiger partial charge in [-0.25, -0.2) is 0 Å². The fourth-order valence-corrected chi connectivity index (χ4v) is 2.38. The van der Waals surface area contributed by atoms with Gasteiger partial charge < -0.3 is 11.1 Å². The van der Waals surface area contributed by atoms with Crippen LogP contribution in [0.1, 0.15) is 45.4 Å². The first-order chi connectivity index (χ1) is 7.29. The van der Waals surface area contributed by atoms with Crippen LogP contribution in [-0.4, -0.2) is 19.0 Å². The Morgan fingerprint density at radius 1 is 1.40 bits per heavy atom. The van der Waals surface area contributed by atoms with Gasteiger partial charge in [-0.05, 0) is 31.7 Å². The van der Waals surface area contributed by atoms with Gasteiger partial charge in [-0.3, -0.25) is 4.79 Å². The normalized spacial score (nSPS) is 25.5. The zero-order valence-electron chi connectivity index (χ0n) is 9.80. The monoisotopic (exact) mass is 212 g/mol. The number of nitrogens with two attached hydrogens (primary N) is 1. The Morgan fingerprint density at radius 2 is 2.20 bits per heavy atom. The van der Waals surface area contributed by atoms with Crippen molar-refractivity contribution in [3.05, 3.63) is 0 Å². The van der Waals surface area contributed by atoms with Gasteiger partial charge in [-0.1, -0.05) is 26.2 Å². The third-order valence-corrected chi connectivity index (χ3v) is 3.38. The van der Waals surface area contributed by atoms with Crippen molar-refractivity contribution >= 4 is 5.91 Å². The summed E-state index contributed by atoms with van der Waals surface area (Å²) in [7, 11) is 0. The van der Waals surface area contributed by atoms with Crippen molar-refractivity contribution in [3.8, 4) is 0 Å². The number of amides is 1. The minimum atomic E-state index is 0.191. The summed E-state index contributed by atoms with van der Waals surface area (Å²) in [6.07, 6.45) is 6.82. The predicted molar refractivity (Wildman–Crippen MR) is 62.4 cm³/mol.